The maximum absolute atomic E-state index is 13.3. The normalized spacial score (nSPS) is 10.9. The quantitative estimate of drug-likeness (QED) is 0.739. The highest BCUT2D eigenvalue weighted by Crippen LogP contribution is 2.25. The predicted molar refractivity (Wildman–Crippen MR) is 71.8 cm³/mol. The van der Waals surface area contributed by atoms with E-state index in [2.05, 4.69) is 35.8 Å². The summed E-state index contributed by atoms with van der Waals surface area (Å²) in [5, 5.41) is 9.97. The third-order valence-electron chi connectivity index (χ3n) is 2.68. The molecule has 0 aliphatic rings. The van der Waals surface area contributed by atoms with Crippen molar-refractivity contribution in [1.29, 1.82) is 0 Å². The number of halogens is 2. The number of hydrogen-bond acceptors (Lipinski definition) is 5. The fourth-order valence-corrected chi connectivity index (χ4v) is 2.11. The molecular formula is C11H7BrFN5O2. The van der Waals surface area contributed by atoms with Crippen molar-refractivity contribution in [1.82, 2.24) is 19.9 Å². The molecule has 0 unspecified atom stereocenters. The zero-order valence-electron chi connectivity index (χ0n) is 9.80. The maximum atomic E-state index is 13.3. The number of hydrogen-bond donors (Lipinski definition) is 2. The van der Waals surface area contributed by atoms with Gasteiger partial charge < -0.3 is 5.73 Å². The molecule has 1 aromatic carbocycles. The van der Waals surface area contributed by atoms with Crippen molar-refractivity contribution in [2.45, 2.75) is 0 Å². The smallest absolute Gasteiger partial charge is 0.383 e. The van der Waals surface area contributed by atoms with Crippen molar-refractivity contribution in [3.8, 4) is 17.1 Å². The van der Waals surface area contributed by atoms with Crippen LogP contribution in [0.1, 0.15) is 0 Å². The second-order valence-corrected chi connectivity index (χ2v) is 4.76. The van der Waals surface area contributed by atoms with E-state index in [-0.39, 0.29) is 16.1 Å². The minimum absolute atomic E-state index is 0.180. The molecule has 7 nitrogen and oxygen atoms in total. The molecule has 2 heterocycles. The summed E-state index contributed by atoms with van der Waals surface area (Å²) < 4.78 is 19.3. The number of H-pyrrole nitrogens is 1. The monoisotopic (exact) mass is 339 g/mol. The van der Waals surface area contributed by atoms with Gasteiger partial charge in [0.1, 0.15) is 11.6 Å². The van der Waals surface area contributed by atoms with Crippen molar-refractivity contribution < 1.29 is 8.91 Å². The molecule has 3 aromatic rings. The van der Waals surface area contributed by atoms with Crippen LogP contribution in [-0.2, 0) is 0 Å². The highest BCUT2D eigenvalue weighted by Gasteiger charge is 2.18. The van der Waals surface area contributed by atoms with E-state index in [1.54, 1.807) is 0 Å². The molecule has 3 N–H and O–H groups in total. The largest absolute Gasteiger partial charge is 0.446 e. The van der Waals surface area contributed by atoms with E-state index in [1.807, 2.05) is 0 Å². The summed E-state index contributed by atoms with van der Waals surface area (Å²) in [6.07, 6.45) is 1.42. The zero-order valence-corrected chi connectivity index (χ0v) is 11.4. The maximum Gasteiger partial charge on any atom is 0.446 e. The number of aromatic nitrogens is 4. The van der Waals surface area contributed by atoms with Crippen molar-refractivity contribution in [2.75, 3.05) is 5.73 Å². The third-order valence-corrected chi connectivity index (χ3v) is 3.28. The Morgan fingerprint density at radius 3 is 2.90 bits per heavy atom. The van der Waals surface area contributed by atoms with Crippen LogP contribution in [0.25, 0.3) is 17.1 Å². The van der Waals surface area contributed by atoms with Crippen molar-refractivity contribution in [3.63, 3.8) is 0 Å². The number of aromatic amines is 1. The van der Waals surface area contributed by atoms with Gasteiger partial charge in [0, 0.05) is 0 Å². The number of rotatable bonds is 2. The lowest BCUT2D eigenvalue weighted by Crippen LogP contribution is -2.13. The summed E-state index contributed by atoms with van der Waals surface area (Å²) in [6.45, 7) is 0. The van der Waals surface area contributed by atoms with E-state index in [0.29, 0.717) is 11.3 Å². The van der Waals surface area contributed by atoms with E-state index in [1.165, 1.54) is 29.0 Å². The summed E-state index contributed by atoms with van der Waals surface area (Å²) in [5.74, 6) is -0.727. The lowest BCUT2D eigenvalue weighted by Gasteiger charge is -2.04. The standard InChI is InChI=1S/C11H7BrFN5O2/c12-7-3-5(1-2-8(7)13)18-10(17-20-11(18)19)6-4-15-16-9(6)14/h1-4H,(H3,14,15,16). The summed E-state index contributed by atoms with van der Waals surface area (Å²) in [6, 6.07) is 4.09. The molecule has 9 heteroatoms. The van der Waals surface area contributed by atoms with Gasteiger partial charge in [-0.15, -0.1) is 0 Å². The molecule has 0 atom stereocenters. The van der Waals surface area contributed by atoms with Gasteiger partial charge in [-0.05, 0) is 34.1 Å². The van der Waals surface area contributed by atoms with Crippen LogP contribution >= 0.6 is 15.9 Å². The molecule has 0 bridgehead atoms. The Labute approximate surface area is 119 Å². The molecular weight excluding hydrogens is 333 g/mol. The molecule has 0 saturated carbocycles. The van der Waals surface area contributed by atoms with Crippen LogP contribution in [0, 0.1) is 5.82 Å². The number of anilines is 1. The minimum atomic E-state index is -0.709. The van der Waals surface area contributed by atoms with Crippen LogP contribution < -0.4 is 11.5 Å². The van der Waals surface area contributed by atoms with Gasteiger partial charge in [-0.1, -0.05) is 5.16 Å². The van der Waals surface area contributed by atoms with Gasteiger partial charge >= 0.3 is 5.76 Å². The third kappa shape index (κ3) is 1.92. The fraction of sp³-hybridized carbons (Fsp3) is 0. The Hall–Kier alpha value is -2.42. The Morgan fingerprint density at radius 1 is 1.45 bits per heavy atom. The summed E-state index contributed by atoms with van der Waals surface area (Å²) in [4.78, 5) is 11.8. The summed E-state index contributed by atoms with van der Waals surface area (Å²) in [7, 11) is 0. The SMILES string of the molecule is Nc1[nH]ncc1-c1noc(=O)n1-c1ccc(F)c(Br)c1. The lowest BCUT2D eigenvalue weighted by atomic mass is 10.2. The van der Waals surface area contributed by atoms with Crippen molar-refractivity contribution >= 4 is 21.7 Å². The van der Waals surface area contributed by atoms with Gasteiger partial charge in [-0.3, -0.25) is 9.62 Å². The van der Waals surface area contributed by atoms with Gasteiger partial charge in [-0.25, -0.2) is 13.8 Å². The Bertz CT molecular complexity index is 837. The van der Waals surface area contributed by atoms with E-state index in [4.69, 9.17) is 5.73 Å². The minimum Gasteiger partial charge on any atom is -0.383 e. The first-order chi connectivity index (χ1) is 9.58. The Balaban J connectivity index is 2.24. The molecule has 0 aliphatic carbocycles. The second kappa shape index (κ2) is 4.60. The Kier molecular flexibility index (Phi) is 2.90. The molecule has 0 amide bonds. The van der Waals surface area contributed by atoms with Gasteiger partial charge in [0.05, 0.1) is 21.9 Å². The fourth-order valence-electron chi connectivity index (χ4n) is 1.75. The zero-order chi connectivity index (χ0) is 14.3. The molecule has 20 heavy (non-hydrogen) atoms. The molecule has 2 aromatic heterocycles. The highest BCUT2D eigenvalue weighted by atomic mass is 79.9. The molecule has 0 aliphatic heterocycles. The van der Waals surface area contributed by atoms with Crippen LogP contribution in [0.5, 0.6) is 0 Å². The first kappa shape index (κ1) is 12.6. The lowest BCUT2D eigenvalue weighted by molar-refractivity contribution is 0.383. The van der Waals surface area contributed by atoms with Gasteiger partial charge in [-0.2, -0.15) is 5.10 Å². The van der Waals surface area contributed by atoms with Crippen LogP contribution in [0.2, 0.25) is 0 Å². The van der Waals surface area contributed by atoms with Crippen LogP contribution in [0.15, 0.2) is 38.2 Å². The molecule has 3 rings (SSSR count). The molecule has 0 radical (unpaired) electrons. The average molecular weight is 340 g/mol. The van der Waals surface area contributed by atoms with Crippen LogP contribution in [0.4, 0.5) is 10.2 Å². The van der Waals surface area contributed by atoms with E-state index in [0.717, 1.165) is 0 Å². The number of nitrogens with zero attached hydrogens (tertiary/aromatic N) is 3. The molecule has 0 fully saturated rings. The Morgan fingerprint density at radius 2 is 2.25 bits per heavy atom. The van der Waals surface area contributed by atoms with Crippen LogP contribution in [0.3, 0.4) is 0 Å². The second-order valence-electron chi connectivity index (χ2n) is 3.90. The summed E-state index contributed by atoms with van der Waals surface area (Å²) >= 11 is 3.06. The van der Waals surface area contributed by atoms with E-state index >= 15 is 0 Å². The molecule has 0 spiro atoms. The van der Waals surface area contributed by atoms with Crippen molar-refractivity contribution in [2.24, 2.45) is 0 Å². The number of nitrogens with one attached hydrogen (secondary N) is 1. The number of nitrogens with two attached hydrogens (primary N) is 1. The topological polar surface area (TPSA) is 103 Å². The average Bonchev–Trinajstić information content (AvgIpc) is 2.99. The van der Waals surface area contributed by atoms with Crippen molar-refractivity contribution in [3.05, 3.63) is 45.2 Å². The van der Waals surface area contributed by atoms with Gasteiger partial charge in [0.2, 0.25) is 0 Å². The first-order valence-electron chi connectivity index (χ1n) is 5.41. The number of nitrogen functional groups attached to an aromatic ring is 1. The van der Waals surface area contributed by atoms with Gasteiger partial charge in [0.15, 0.2) is 5.82 Å². The van der Waals surface area contributed by atoms with Crippen LogP contribution in [-0.4, -0.2) is 19.9 Å². The van der Waals surface area contributed by atoms with E-state index < -0.39 is 11.6 Å². The molecule has 102 valence electrons. The number of benzene rings is 1. The van der Waals surface area contributed by atoms with Gasteiger partial charge in [0.25, 0.3) is 0 Å². The highest BCUT2D eigenvalue weighted by molar-refractivity contribution is 9.10. The molecule has 0 saturated heterocycles. The first-order valence-corrected chi connectivity index (χ1v) is 6.20. The van der Waals surface area contributed by atoms with E-state index in [9.17, 15) is 9.18 Å². The summed E-state index contributed by atoms with van der Waals surface area (Å²) in [5.41, 5.74) is 6.50. The predicted octanol–water partition coefficient (Wildman–Crippen LogP) is 1.70.